The van der Waals surface area contributed by atoms with E-state index in [0.717, 1.165) is 17.5 Å². The van der Waals surface area contributed by atoms with Crippen molar-refractivity contribution in [2.24, 2.45) is 10.2 Å². The maximum Gasteiger partial charge on any atom is 0.255 e. The molecule has 6 heteroatoms. The van der Waals surface area contributed by atoms with Crippen molar-refractivity contribution in [1.82, 2.24) is 0 Å². The SMILES string of the molecule is CCOC([Si])(N=NCc1cccc(CC)c1O)OCC. The molecule has 0 aliphatic carbocycles. The van der Waals surface area contributed by atoms with Crippen LogP contribution in [0.5, 0.6) is 5.75 Å². The summed E-state index contributed by atoms with van der Waals surface area (Å²) < 4.78 is 10.7. The van der Waals surface area contributed by atoms with Crippen molar-refractivity contribution in [2.45, 2.75) is 39.3 Å². The molecule has 1 N–H and O–H groups in total. The van der Waals surface area contributed by atoms with Crippen LogP contribution in [-0.4, -0.2) is 34.1 Å². The van der Waals surface area contributed by atoms with E-state index in [4.69, 9.17) is 9.47 Å². The molecule has 0 amide bonds. The molecule has 0 aromatic heterocycles. The minimum atomic E-state index is -1.25. The first-order valence-corrected chi connectivity index (χ1v) is 7.27. The number of aromatic hydroxyl groups is 1. The van der Waals surface area contributed by atoms with Gasteiger partial charge in [0.05, 0.1) is 6.54 Å². The van der Waals surface area contributed by atoms with Crippen molar-refractivity contribution in [3.05, 3.63) is 29.3 Å². The van der Waals surface area contributed by atoms with Crippen molar-refractivity contribution < 1.29 is 14.6 Å². The predicted molar refractivity (Wildman–Crippen MR) is 77.8 cm³/mol. The Morgan fingerprint density at radius 3 is 2.30 bits per heavy atom. The molecule has 0 atom stereocenters. The zero-order valence-corrected chi connectivity index (χ0v) is 13.2. The third kappa shape index (κ3) is 4.70. The van der Waals surface area contributed by atoms with Crippen LogP contribution in [0.3, 0.4) is 0 Å². The average molecular weight is 293 g/mol. The Morgan fingerprint density at radius 2 is 1.75 bits per heavy atom. The molecule has 0 aliphatic heterocycles. The number of phenols is 1. The van der Waals surface area contributed by atoms with Crippen LogP contribution in [0.15, 0.2) is 28.4 Å². The summed E-state index contributed by atoms with van der Waals surface area (Å²) in [6.45, 7) is 6.85. The maximum atomic E-state index is 10.0. The summed E-state index contributed by atoms with van der Waals surface area (Å²) >= 11 is 0. The van der Waals surface area contributed by atoms with E-state index in [1.165, 1.54) is 0 Å². The topological polar surface area (TPSA) is 63.4 Å². The zero-order valence-electron chi connectivity index (χ0n) is 12.2. The van der Waals surface area contributed by atoms with E-state index in [9.17, 15) is 5.11 Å². The first kappa shape index (κ1) is 16.8. The highest BCUT2D eigenvalue weighted by Crippen LogP contribution is 2.24. The predicted octanol–water partition coefficient (Wildman–Crippen LogP) is 2.76. The van der Waals surface area contributed by atoms with E-state index in [1.54, 1.807) is 0 Å². The number of phenolic OH excluding ortho intramolecular Hbond substituents is 1. The highest BCUT2D eigenvalue weighted by Gasteiger charge is 2.23. The van der Waals surface area contributed by atoms with Gasteiger partial charge in [0.1, 0.15) is 5.75 Å². The first-order chi connectivity index (χ1) is 9.56. The van der Waals surface area contributed by atoms with Gasteiger partial charge >= 0.3 is 0 Å². The first-order valence-electron chi connectivity index (χ1n) is 6.77. The minimum Gasteiger partial charge on any atom is -0.507 e. The molecule has 1 aromatic carbocycles. The van der Waals surface area contributed by atoms with Crippen LogP contribution >= 0.6 is 0 Å². The lowest BCUT2D eigenvalue weighted by molar-refractivity contribution is -0.171. The number of aryl methyl sites for hydroxylation is 1. The van der Waals surface area contributed by atoms with E-state index in [0.29, 0.717) is 13.2 Å². The highest BCUT2D eigenvalue weighted by atomic mass is 28.1. The van der Waals surface area contributed by atoms with Gasteiger partial charge in [0.2, 0.25) is 0 Å². The second-order valence-corrected chi connectivity index (χ2v) is 4.76. The Balaban J connectivity index is 2.76. The lowest BCUT2D eigenvalue weighted by atomic mass is 10.1. The molecule has 109 valence electrons. The second-order valence-electron chi connectivity index (χ2n) is 4.13. The Labute approximate surface area is 123 Å². The summed E-state index contributed by atoms with van der Waals surface area (Å²) in [6.07, 6.45) is 0.775. The Morgan fingerprint density at radius 1 is 1.15 bits per heavy atom. The molecule has 0 heterocycles. The summed E-state index contributed by atoms with van der Waals surface area (Å²) in [7, 11) is 3.32. The van der Waals surface area contributed by atoms with Gasteiger partial charge in [-0.2, -0.15) is 5.11 Å². The molecule has 0 saturated heterocycles. The number of hydrogen-bond acceptors (Lipinski definition) is 5. The standard InChI is InChI=1S/C14H21N2O3Si/c1-4-11-8-7-9-12(13(11)17)10-15-16-14(20,18-5-2)19-6-3/h7-9,17H,4-6,10H2,1-3H3. The number of para-hydroxylation sites is 1. The minimum absolute atomic E-state index is 0.270. The maximum absolute atomic E-state index is 10.0. The molecule has 1 rings (SSSR count). The van der Waals surface area contributed by atoms with Crippen molar-refractivity contribution in [3.63, 3.8) is 0 Å². The number of nitrogens with zero attached hydrogens (tertiary/aromatic N) is 2. The number of benzene rings is 1. The van der Waals surface area contributed by atoms with E-state index >= 15 is 0 Å². The van der Waals surface area contributed by atoms with E-state index in [2.05, 4.69) is 20.5 Å². The molecule has 0 spiro atoms. The molecule has 5 nitrogen and oxygen atoms in total. The van der Waals surface area contributed by atoms with Gasteiger partial charge in [0, 0.05) is 18.8 Å². The summed E-state index contributed by atoms with van der Waals surface area (Å²) in [5.41, 5.74) is 0.383. The fraction of sp³-hybridized carbons (Fsp3) is 0.571. The van der Waals surface area contributed by atoms with Gasteiger partial charge < -0.3 is 14.6 Å². The number of hydrogen-bond donors (Lipinski definition) is 1. The third-order valence-electron chi connectivity index (χ3n) is 2.71. The number of azo groups is 1. The zero-order chi connectivity index (χ0) is 15.0. The van der Waals surface area contributed by atoms with Crippen molar-refractivity contribution >= 4 is 10.2 Å². The lowest BCUT2D eigenvalue weighted by Gasteiger charge is -2.23. The van der Waals surface area contributed by atoms with Crippen LogP contribution in [0.1, 0.15) is 31.9 Å². The van der Waals surface area contributed by atoms with Crippen LogP contribution in [0, 0.1) is 0 Å². The van der Waals surface area contributed by atoms with Gasteiger partial charge in [-0.15, -0.1) is 5.11 Å². The molecule has 3 radical (unpaired) electrons. The van der Waals surface area contributed by atoms with Crippen molar-refractivity contribution in [1.29, 1.82) is 0 Å². The van der Waals surface area contributed by atoms with Crippen LogP contribution < -0.4 is 0 Å². The van der Waals surface area contributed by atoms with Gasteiger partial charge in [-0.3, -0.25) is 0 Å². The third-order valence-corrected chi connectivity index (χ3v) is 3.10. The largest absolute Gasteiger partial charge is 0.507 e. The smallest absolute Gasteiger partial charge is 0.255 e. The molecular formula is C14H21N2O3Si. The summed E-state index contributed by atoms with van der Waals surface area (Å²) in [4.78, 5) is 0. The fourth-order valence-corrected chi connectivity index (χ4v) is 2.11. The molecular weight excluding hydrogens is 272 g/mol. The van der Waals surface area contributed by atoms with Crippen LogP contribution in [0.2, 0.25) is 0 Å². The molecule has 20 heavy (non-hydrogen) atoms. The number of rotatable bonds is 8. The molecule has 0 unspecified atom stereocenters. The van der Waals surface area contributed by atoms with Gasteiger partial charge in [-0.1, -0.05) is 25.1 Å². The summed E-state index contributed by atoms with van der Waals surface area (Å²) in [5.74, 6) is 0.279. The Bertz CT molecular complexity index is 446. The summed E-state index contributed by atoms with van der Waals surface area (Å²) in [6, 6.07) is 5.62. The van der Waals surface area contributed by atoms with Gasteiger partial charge in [-0.05, 0) is 25.8 Å². The molecule has 0 bridgehead atoms. The van der Waals surface area contributed by atoms with E-state index in [1.807, 2.05) is 39.0 Å². The lowest BCUT2D eigenvalue weighted by Crippen LogP contribution is -2.34. The molecule has 0 aliphatic rings. The monoisotopic (exact) mass is 293 g/mol. The van der Waals surface area contributed by atoms with Crippen LogP contribution in [-0.2, 0) is 22.4 Å². The van der Waals surface area contributed by atoms with E-state index in [-0.39, 0.29) is 12.3 Å². The Hall–Kier alpha value is -1.24. The average Bonchev–Trinajstić information content (AvgIpc) is 2.41. The fourth-order valence-electron chi connectivity index (χ4n) is 1.75. The molecule has 1 aromatic rings. The van der Waals surface area contributed by atoms with E-state index < -0.39 is 5.53 Å². The van der Waals surface area contributed by atoms with Crippen molar-refractivity contribution in [3.8, 4) is 5.75 Å². The molecule has 0 fully saturated rings. The van der Waals surface area contributed by atoms with Crippen LogP contribution in [0.4, 0.5) is 0 Å². The normalized spacial score (nSPS) is 12.2. The van der Waals surface area contributed by atoms with Gasteiger partial charge in [0.25, 0.3) is 5.53 Å². The summed E-state index contributed by atoms with van der Waals surface area (Å²) in [5, 5.41) is 18.1. The number of ether oxygens (including phenoxy) is 2. The quantitative estimate of drug-likeness (QED) is 0.455. The van der Waals surface area contributed by atoms with Gasteiger partial charge in [0.15, 0.2) is 10.2 Å². The molecule has 0 saturated carbocycles. The second kappa shape index (κ2) is 8.14. The van der Waals surface area contributed by atoms with Crippen LogP contribution in [0.25, 0.3) is 0 Å². The Kier molecular flexibility index (Phi) is 6.84. The van der Waals surface area contributed by atoms with Gasteiger partial charge in [-0.25, -0.2) is 0 Å². The van der Waals surface area contributed by atoms with Crippen molar-refractivity contribution in [2.75, 3.05) is 13.2 Å². The highest BCUT2D eigenvalue weighted by molar-refractivity contribution is 6.13.